The van der Waals surface area contributed by atoms with E-state index in [1.807, 2.05) is 24.3 Å². The molecule has 144 valence electrons. The van der Waals surface area contributed by atoms with Crippen molar-refractivity contribution in [1.82, 2.24) is 0 Å². The van der Waals surface area contributed by atoms with E-state index in [1.54, 1.807) is 7.11 Å². The molecule has 0 bridgehead atoms. The topological polar surface area (TPSA) is 46.2 Å². The molecule has 5 nitrogen and oxygen atoms in total. The van der Waals surface area contributed by atoms with E-state index in [9.17, 15) is 0 Å². The monoisotopic (exact) mass is 362 g/mol. The van der Waals surface area contributed by atoms with Crippen LogP contribution in [0.25, 0.3) is 10.8 Å². The molecular formula is C21H30O5. The maximum absolute atomic E-state index is 5.85. The summed E-state index contributed by atoms with van der Waals surface area (Å²) < 4.78 is 27.7. The van der Waals surface area contributed by atoms with Crippen LogP contribution in [0.15, 0.2) is 42.5 Å². The summed E-state index contributed by atoms with van der Waals surface area (Å²) in [6, 6.07) is 14.4. The van der Waals surface area contributed by atoms with E-state index in [4.69, 9.17) is 23.7 Å². The molecule has 2 rings (SSSR count). The van der Waals surface area contributed by atoms with Gasteiger partial charge in [0.25, 0.3) is 0 Å². The fraction of sp³-hybridized carbons (Fsp3) is 0.524. The lowest BCUT2D eigenvalue weighted by atomic mass is 10.0. The van der Waals surface area contributed by atoms with Gasteiger partial charge in [0.2, 0.25) is 0 Å². The predicted molar refractivity (Wildman–Crippen MR) is 102 cm³/mol. The molecule has 1 unspecified atom stereocenters. The minimum Gasteiger partial charge on any atom is -0.379 e. The quantitative estimate of drug-likeness (QED) is 0.376. The summed E-state index contributed by atoms with van der Waals surface area (Å²) in [5, 5.41) is 2.31. The summed E-state index contributed by atoms with van der Waals surface area (Å²) in [5.74, 6) is 0. The van der Waals surface area contributed by atoms with Gasteiger partial charge in [0.1, 0.15) is 0 Å². The van der Waals surface area contributed by atoms with Crippen molar-refractivity contribution in [3.05, 3.63) is 48.0 Å². The zero-order valence-corrected chi connectivity index (χ0v) is 15.8. The average molecular weight is 362 g/mol. The predicted octanol–water partition coefficient (Wildman–Crippen LogP) is 3.96. The first-order chi connectivity index (χ1) is 12.9. The van der Waals surface area contributed by atoms with Crippen LogP contribution in [0.1, 0.15) is 25.2 Å². The Kier molecular flexibility index (Phi) is 10.2. The van der Waals surface area contributed by atoms with Gasteiger partial charge < -0.3 is 23.7 Å². The number of fused-ring (bicyclic) bond motifs is 1. The minimum absolute atomic E-state index is 0.406. The second kappa shape index (κ2) is 12.8. The van der Waals surface area contributed by atoms with Crippen LogP contribution in [0.2, 0.25) is 0 Å². The van der Waals surface area contributed by atoms with Crippen LogP contribution in [0.3, 0.4) is 0 Å². The molecule has 0 saturated heterocycles. The summed E-state index contributed by atoms with van der Waals surface area (Å²) in [6.07, 6.45) is 0.626. The second-order valence-corrected chi connectivity index (χ2v) is 5.84. The van der Waals surface area contributed by atoms with E-state index in [0.717, 1.165) is 24.0 Å². The lowest BCUT2D eigenvalue weighted by molar-refractivity contribution is -0.138. The molecule has 2 aromatic carbocycles. The fourth-order valence-electron chi connectivity index (χ4n) is 2.64. The highest BCUT2D eigenvalue weighted by molar-refractivity contribution is 5.85. The molecule has 0 heterocycles. The summed E-state index contributed by atoms with van der Waals surface area (Å²) >= 11 is 0. The molecule has 0 aliphatic rings. The number of ether oxygens (including phenoxy) is 5. The van der Waals surface area contributed by atoms with Crippen molar-refractivity contribution in [3.63, 3.8) is 0 Å². The largest absolute Gasteiger partial charge is 0.379 e. The minimum atomic E-state index is -0.406. The van der Waals surface area contributed by atoms with Crippen molar-refractivity contribution < 1.29 is 23.7 Å². The van der Waals surface area contributed by atoms with Gasteiger partial charge in [-0.25, -0.2) is 0 Å². The van der Waals surface area contributed by atoms with E-state index in [0.29, 0.717) is 39.6 Å². The normalized spacial score (nSPS) is 12.5. The molecule has 1 atom stereocenters. The summed E-state index contributed by atoms with van der Waals surface area (Å²) in [6.45, 7) is 6.18. The van der Waals surface area contributed by atoms with Crippen molar-refractivity contribution in [2.24, 2.45) is 0 Å². The molecule has 0 fully saturated rings. The molecule has 0 amide bonds. The Morgan fingerprint density at radius 1 is 0.731 bits per heavy atom. The third-order valence-electron chi connectivity index (χ3n) is 3.88. The standard InChI is InChI=1S/C21H30O5/c1-3-11-23-12-13-24-14-15-25-16-17-26-21(22-2)20-10-6-8-18-7-4-5-9-19(18)20/h4-10,21H,3,11-17H2,1-2H3. The summed E-state index contributed by atoms with van der Waals surface area (Å²) in [4.78, 5) is 0. The second-order valence-electron chi connectivity index (χ2n) is 5.84. The van der Waals surface area contributed by atoms with Crippen LogP contribution < -0.4 is 0 Å². The molecule has 0 aliphatic carbocycles. The van der Waals surface area contributed by atoms with Crippen molar-refractivity contribution in [3.8, 4) is 0 Å². The molecule has 26 heavy (non-hydrogen) atoms. The Morgan fingerprint density at radius 3 is 2.04 bits per heavy atom. The third kappa shape index (κ3) is 7.02. The number of benzene rings is 2. The maximum Gasteiger partial charge on any atom is 0.184 e. The summed E-state index contributed by atoms with van der Waals surface area (Å²) in [5.41, 5.74) is 1.03. The Hall–Kier alpha value is -1.50. The molecule has 5 heteroatoms. The van der Waals surface area contributed by atoms with Gasteiger partial charge in [-0.3, -0.25) is 0 Å². The highest BCUT2D eigenvalue weighted by Crippen LogP contribution is 2.26. The Morgan fingerprint density at radius 2 is 1.35 bits per heavy atom. The fourth-order valence-corrected chi connectivity index (χ4v) is 2.64. The van der Waals surface area contributed by atoms with E-state index in [2.05, 4.69) is 25.1 Å². The summed E-state index contributed by atoms with van der Waals surface area (Å²) in [7, 11) is 1.65. The van der Waals surface area contributed by atoms with Crippen LogP contribution in [0.4, 0.5) is 0 Å². The smallest absolute Gasteiger partial charge is 0.184 e. The average Bonchev–Trinajstić information content (AvgIpc) is 2.69. The molecule has 0 spiro atoms. The van der Waals surface area contributed by atoms with Crippen molar-refractivity contribution in [2.45, 2.75) is 19.6 Å². The Bertz CT molecular complexity index is 611. The van der Waals surface area contributed by atoms with Gasteiger partial charge in [-0.2, -0.15) is 0 Å². The van der Waals surface area contributed by atoms with E-state index >= 15 is 0 Å². The molecule has 0 aliphatic heterocycles. The van der Waals surface area contributed by atoms with Gasteiger partial charge in [-0.05, 0) is 17.2 Å². The van der Waals surface area contributed by atoms with Crippen molar-refractivity contribution in [1.29, 1.82) is 0 Å². The van der Waals surface area contributed by atoms with E-state index in [-0.39, 0.29) is 0 Å². The van der Waals surface area contributed by atoms with Gasteiger partial charge >= 0.3 is 0 Å². The first-order valence-corrected chi connectivity index (χ1v) is 9.22. The zero-order valence-electron chi connectivity index (χ0n) is 15.8. The maximum atomic E-state index is 5.85. The number of hydrogen-bond acceptors (Lipinski definition) is 5. The van der Waals surface area contributed by atoms with Crippen LogP contribution in [0, 0.1) is 0 Å². The molecule has 2 aromatic rings. The lowest BCUT2D eigenvalue weighted by Crippen LogP contribution is -2.14. The number of methoxy groups -OCH3 is 1. The molecule has 0 aromatic heterocycles. The van der Waals surface area contributed by atoms with Gasteiger partial charge in [0.05, 0.1) is 39.6 Å². The molecule has 0 saturated carbocycles. The number of rotatable bonds is 14. The van der Waals surface area contributed by atoms with Crippen LogP contribution >= 0.6 is 0 Å². The van der Waals surface area contributed by atoms with Gasteiger partial charge in [-0.15, -0.1) is 0 Å². The Balaban J connectivity index is 1.63. The van der Waals surface area contributed by atoms with E-state index < -0.39 is 6.29 Å². The van der Waals surface area contributed by atoms with Crippen LogP contribution in [0.5, 0.6) is 0 Å². The Labute approximate surface area is 156 Å². The van der Waals surface area contributed by atoms with Crippen molar-refractivity contribution in [2.75, 3.05) is 53.4 Å². The highest BCUT2D eigenvalue weighted by Gasteiger charge is 2.13. The van der Waals surface area contributed by atoms with Crippen molar-refractivity contribution >= 4 is 10.8 Å². The van der Waals surface area contributed by atoms with E-state index in [1.165, 1.54) is 5.39 Å². The van der Waals surface area contributed by atoms with Gasteiger partial charge in [0, 0.05) is 19.3 Å². The first-order valence-electron chi connectivity index (χ1n) is 9.22. The van der Waals surface area contributed by atoms with Gasteiger partial charge in [0.15, 0.2) is 6.29 Å². The zero-order chi connectivity index (χ0) is 18.5. The third-order valence-corrected chi connectivity index (χ3v) is 3.88. The highest BCUT2D eigenvalue weighted by atomic mass is 16.7. The molecular weight excluding hydrogens is 332 g/mol. The van der Waals surface area contributed by atoms with Crippen LogP contribution in [-0.4, -0.2) is 53.4 Å². The van der Waals surface area contributed by atoms with Gasteiger partial charge in [-0.1, -0.05) is 49.4 Å². The number of hydrogen-bond donors (Lipinski definition) is 0. The first kappa shape index (κ1) is 20.8. The molecule has 0 radical (unpaired) electrons. The SMILES string of the molecule is CCCOCCOCCOCCOC(OC)c1cccc2ccccc12. The van der Waals surface area contributed by atoms with Crippen LogP contribution in [-0.2, 0) is 23.7 Å². The molecule has 0 N–H and O–H groups in total. The lowest BCUT2D eigenvalue weighted by Gasteiger charge is -2.18.